The monoisotopic (exact) mass is 309 g/mol. The van der Waals surface area contributed by atoms with E-state index in [-0.39, 0.29) is 5.69 Å². The van der Waals surface area contributed by atoms with Crippen molar-refractivity contribution in [1.29, 1.82) is 0 Å². The van der Waals surface area contributed by atoms with E-state index in [4.69, 9.17) is 0 Å². The minimum atomic E-state index is -0.468. The molecule has 0 saturated heterocycles. The quantitative estimate of drug-likeness (QED) is 0.439. The predicted octanol–water partition coefficient (Wildman–Crippen LogP) is 2.21. The Balaban J connectivity index is 1.85. The van der Waals surface area contributed by atoms with Gasteiger partial charge in [-0.1, -0.05) is 40.2 Å². The van der Waals surface area contributed by atoms with E-state index in [9.17, 15) is 10.1 Å². The van der Waals surface area contributed by atoms with Gasteiger partial charge in [0.25, 0.3) is 11.6 Å². The Hall–Kier alpha value is -3.62. The van der Waals surface area contributed by atoms with Crippen molar-refractivity contribution < 1.29 is 4.92 Å². The van der Waals surface area contributed by atoms with Crippen molar-refractivity contribution in [2.24, 2.45) is 5.10 Å². The summed E-state index contributed by atoms with van der Waals surface area (Å²) in [6.45, 7) is 0. The summed E-state index contributed by atoms with van der Waals surface area (Å²) >= 11 is 0. The molecule has 0 fully saturated rings. The zero-order valence-electron chi connectivity index (χ0n) is 11.8. The number of benzene rings is 2. The Labute approximate surface area is 130 Å². The second-order valence-electron chi connectivity index (χ2n) is 4.44. The fourth-order valence-corrected chi connectivity index (χ4v) is 1.87. The highest BCUT2D eigenvalue weighted by Gasteiger charge is 2.11. The maximum atomic E-state index is 11.0. The summed E-state index contributed by atoms with van der Waals surface area (Å²) in [6, 6.07) is 15.6. The fraction of sp³-hybridized carbons (Fsp3) is 0. The molecule has 0 radical (unpaired) electrons. The van der Waals surface area contributed by atoms with Gasteiger partial charge in [-0.2, -0.15) is 5.10 Å². The van der Waals surface area contributed by atoms with E-state index in [1.54, 1.807) is 18.2 Å². The highest BCUT2D eigenvalue weighted by molar-refractivity contribution is 5.85. The molecule has 23 heavy (non-hydrogen) atoms. The van der Waals surface area contributed by atoms with E-state index >= 15 is 0 Å². The van der Waals surface area contributed by atoms with E-state index < -0.39 is 4.92 Å². The normalized spacial score (nSPS) is 10.8. The Kier molecular flexibility index (Phi) is 4.01. The van der Waals surface area contributed by atoms with Crippen molar-refractivity contribution in [2.45, 2.75) is 0 Å². The minimum Gasteiger partial charge on any atom is -0.321 e. The summed E-state index contributed by atoms with van der Waals surface area (Å²) in [5.41, 5.74) is 1.12. The van der Waals surface area contributed by atoms with Gasteiger partial charge in [0, 0.05) is 11.8 Å². The molecule has 0 bridgehead atoms. The Bertz CT molecular complexity index is 845. The molecule has 0 saturated carbocycles. The van der Waals surface area contributed by atoms with Crippen LogP contribution in [0.5, 0.6) is 0 Å². The van der Waals surface area contributed by atoms with Crippen LogP contribution in [0.3, 0.4) is 0 Å². The fourth-order valence-electron chi connectivity index (χ4n) is 1.87. The number of tetrazole rings is 1. The summed E-state index contributed by atoms with van der Waals surface area (Å²) in [5, 5.41) is 29.1. The molecule has 114 valence electrons. The topological polar surface area (TPSA) is 111 Å². The number of nitro benzene ring substituents is 1. The lowest BCUT2D eigenvalue weighted by Crippen LogP contribution is -2.02. The zero-order valence-corrected chi connectivity index (χ0v) is 11.8. The molecule has 3 rings (SSSR count). The van der Waals surface area contributed by atoms with Crippen molar-refractivity contribution >= 4 is 23.5 Å². The summed E-state index contributed by atoms with van der Waals surface area (Å²) in [4.78, 5) is 11.7. The van der Waals surface area contributed by atoms with Crippen LogP contribution in [0.15, 0.2) is 59.7 Å². The van der Waals surface area contributed by atoms with Gasteiger partial charge in [0.05, 0.1) is 16.7 Å². The van der Waals surface area contributed by atoms with Crippen LogP contribution in [0.2, 0.25) is 0 Å². The van der Waals surface area contributed by atoms with E-state index in [0.717, 1.165) is 10.5 Å². The molecule has 9 nitrogen and oxygen atoms in total. The molecule has 0 spiro atoms. The number of nitrogens with one attached hydrogen (secondary N) is 1. The van der Waals surface area contributed by atoms with Crippen LogP contribution in [0.1, 0.15) is 5.56 Å². The number of para-hydroxylation sites is 2. The Morgan fingerprint density at radius 3 is 2.65 bits per heavy atom. The summed E-state index contributed by atoms with van der Waals surface area (Å²) in [5.74, 6) is 0.297. The van der Waals surface area contributed by atoms with E-state index in [1.807, 2.05) is 30.3 Å². The van der Waals surface area contributed by atoms with Crippen LogP contribution in [-0.2, 0) is 0 Å². The molecule has 0 aliphatic rings. The van der Waals surface area contributed by atoms with Gasteiger partial charge < -0.3 is 5.32 Å². The van der Waals surface area contributed by atoms with Crippen molar-refractivity contribution in [1.82, 2.24) is 20.3 Å². The molecule has 1 heterocycles. The average molecular weight is 309 g/mol. The minimum absolute atomic E-state index is 0.0399. The average Bonchev–Trinajstić information content (AvgIpc) is 3.01. The molecular formula is C14H11N7O2. The first kappa shape index (κ1) is 14.3. The molecule has 9 heteroatoms. The lowest BCUT2D eigenvalue weighted by Gasteiger charge is -2.02. The van der Waals surface area contributed by atoms with Gasteiger partial charge in [-0.05, 0) is 28.6 Å². The zero-order chi connectivity index (χ0) is 16.1. The highest BCUT2D eigenvalue weighted by Crippen LogP contribution is 2.16. The number of nitro groups is 1. The van der Waals surface area contributed by atoms with E-state index in [0.29, 0.717) is 11.5 Å². The second-order valence-corrected chi connectivity index (χ2v) is 4.44. The first-order valence-corrected chi connectivity index (χ1v) is 6.62. The molecule has 0 unspecified atom stereocenters. The van der Waals surface area contributed by atoms with Crippen LogP contribution in [0.25, 0.3) is 0 Å². The van der Waals surface area contributed by atoms with Gasteiger partial charge in [-0.15, -0.1) is 0 Å². The lowest BCUT2D eigenvalue weighted by molar-refractivity contribution is -0.385. The third kappa shape index (κ3) is 3.35. The molecule has 0 aliphatic carbocycles. The molecular weight excluding hydrogens is 298 g/mol. The Morgan fingerprint density at radius 1 is 1.13 bits per heavy atom. The number of nitrogens with zero attached hydrogens (tertiary/aromatic N) is 6. The highest BCUT2D eigenvalue weighted by atomic mass is 16.6. The molecule has 0 aliphatic heterocycles. The predicted molar refractivity (Wildman–Crippen MR) is 83.6 cm³/mol. The maximum Gasteiger partial charge on any atom is 0.278 e. The third-order valence-corrected chi connectivity index (χ3v) is 2.92. The standard InChI is InChI=1S/C14H11N7O2/c22-21(23)13-9-5-4-6-11(13)10-15-20-14(17-18-19-20)16-12-7-2-1-3-8-12/h1-10H,(H,16,17,19). The Morgan fingerprint density at radius 2 is 1.87 bits per heavy atom. The molecule has 0 amide bonds. The second kappa shape index (κ2) is 6.43. The van der Waals surface area contributed by atoms with Gasteiger partial charge >= 0.3 is 0 Å². The van der Waals surface area contributed by atoms with Gasteiger partial charge in [0.2, 0.25) is 0 Å². The number of hydrogen-bond acceptors (Lipinski definition) is 7. The number of rotatable bonds is 5. The van der Waals surface area contributed by atoms with Crippen molar-refractivity contribution in [2.75, 3.05) is 5.32 Å². The van der Waals surface area contributed by atoms with Crippen LogP contribution in [-0.4, -0.2) is 31.5 Å². The van der Waals surface area contributed by atoms with Crippen molar-refractivity contribution in [3.63, 3.8) is 0 Å². The smallest absolute Gasteiger partial charge is 0.278 e. The van der Waals surface area contributed by atoms with Gasteiger partial charge in [-0.25, -0.2) is 0 Å². The largest absolute Gasteiger partial charge is 0.321 e. The SMILES string of the molecule is O=[N+]([O-])c1ccccc1C=Nn1nnnc1Nc1ccccc1. The van der Waals surface area contributed by atoms with Crippen molar-refractivity contribution in [3.8, 4) is 0 Å². The van der Waals surface area contributed by atoms with E-state index in [2.05, 4.69) is 25.9 Å². The third-order valence-electron chi connectivity index (χ3n) is 2.92. The number of hydrogen-bond donors (Lipinski definition) is 1. The van der Waals surface area contributed by atoms with Crippen LogP contribution >= 0.6 is 0 Å². The molecule has 1 N–H and O–H groups in total. The van der Waals surface area contributed by atoms with Gasteiger partial charge in [0.1, 0.15) is 0 Å². The van der Waals surface area contributed by atoms with Gasteiger partial charge in [-0.3, -0.25) is 10.1 Å². The maximum absolute atomic E-state index is 11.0. The molecule has 0 atom stereocenters. The number of anilines is 2. The summed E-state index contributed by atoms with van der Waals surface area (Å²) in [6.07, 6.45) is 1.34. The van der Waals surface area contributed by atoms with Gasteiger partial charge in [0.15, 0.2) is 0 Å². The summed E-state index contributed by atoms with van der Waals surface area (Å²) in [7, 11) is 0. The molecule has 2 aromatic carbocycles. The van der Waals surface area contributed by atoms with Crippen LogP contribution in [0.4, 0.5) is 17.3 Å². The first-order valence-electron chi connectivity index (χ1n) is 6.62. The lowest BCUT2D eigenvalue weighted by atomic mass is 10.2. The van der Waals surface area contributed by atoms with Crippen LogP contribution in [0, 0.1) is 10.1 Å². The van der Waals surface area contributed by atoms with Crippen molar-refractivity contribution in [3.05, 3.63) is 70.3 Å². The first-order chi connectivity index (χ1) is 11.2. The number of aromatic nitrogens is 4. The van der Waals surface area contributed by atoms with Crippen LogP contribution < -0.4 is 5.32 Å². The molecule has 3 aromatic rings. The molecule has 1 aromatic heterocycles. The van der Waals surface area contributed by atoms with E-state index in [1.165, 1.54) is 12.3 Å². The summed E-state index contributed by atoms with van der Waals surface area (Å²) < 4.78 is 0.